The van der Waals surface area contributed by atoms with Crippen LogP contribution in [-0.2, 0) is 19.7 Å². The number of hydrogen-bond acceptors (Lipinski definition) is 6. The van der Waals surface area contributed by atoms with E-state index in [1.807, 2.05) is 0 Å². The third-order valence-corrected chi connectivity index (χ3v) is 5.42. The van der Waals surface area contributed by atoms with E-state index in [1.165, 1.54) is 25.4 Å². The maximum absolute atomic E-state index is 12.4. The van der Waals surface area contributed by atoms with Crippen LogP contribution in [0.3, 0.4) is 0 Å². The van der Waals surface area contributed by atoms with E-state index in [0.29, 0.717) is 5.56 Å². The van der Waals surface area contributed by atoms with E-state index in [9.17, 15) is 13.2 Å². The van der Waals surface area contributed by atoms with Gasteiger partial charge >= 0.3 is 5.97 Å². The van der Waals surface area contributed by atoms with Crippen LogP contribution in [0.2, 0.25) is 0 Å². The number of oxime groups is 1. The van der Waals surface area contributed by atoms with E-state index in [0.717, 1.165) is 8.78 Å². The second-order valence-corrected chi connectivity index (χ2v) is 7.86. The fraction of sp³-hybridized carbons (Fsp3) is 0.133. The van der Waals surface area contributed by atoms with Crippen molar-refractivity contribution in [3.63, 3.8) is 0 Å². The Morgan fingerprint density at radius 2 is 2.00 bits per heavy atom. The smallest absolute Gasteiger partial charge is 0.350 e. The number of halogens is 1. The fourth-order valence-electron chi connectivity index (χ4n) is 1.75. The minimum absolute atomic E-state index is 0.0418. The molecule has 0 unspecified atom stereocenters. The molecule has 10 heteroatoms. The fourth-order valence-corrected chi connectivity index (χ4v) is 3.13. The number of amidine groups is 1. The minimum atomic E-state index is -3.82. The van der Waals surface area contributed by atoms with E-state index in [1.54, 1.807) is 30.5 Å². The second kappa shape index (κ2) is 8.19. The van der Waals surface area contributed by atoms with Crippen LogP contribution in [0.15, 0.2) is 63.3 Å². The van der Waals surface area contributed by atoms with Gasteiger partial charge in [0.15, 0.2) is 5.84 Å². The van der Waals surface area contributed by atoms with Gasteiger partial charge in [-0.15, -0.1) is 0 Å². The molecule has 1 aromatic heterocycles. The lowest BCUT2D eigenvalue weighted by Crippen LogP contribution is -2.32. The molecule has 0 radical (unpaired) electrons. The summed E-state index contributed by atoms with van der Waals surface area (Å²) in [6, 6.07) is 9.34. The number of pyridine rings is 1. The first-order valence-electron chi connectivity index (χ1n) is 6.96. The first-order valence-corrected chi connectivity index (χ1v) is 9.19. The van der Waals surface area contributed by atoms with Crippen molar-refractivity contribution < 1.29 is 18.0 Å². The van der Waals surface area contributed by atoms with Crippen molar-refractivity contribution in [3.05, 3.63) is 58.8 Å². The highest BCUT2D eigenvalue weighted by atomic mass is 79.9. The lowest BCUT2D eigenvalue weighted by atomic mass is 10.3. The number of nitrogens with zero attached hydrogens (tertiary/aromatic N) is 3. The molecule has 1 aromatic carbocycles. The van der Waals surface area contributed by atoms with Gasteiger partial charge in [0, 0.05) is 29.5 Å². The molecule has 0 amide bonds. The van der Waals surface area contributed by atoms with Crippen LogP contribution in [-0.4, -0.2) is 43.1 Å². The first kappa shape index (κ1) is 19.0. The highest BCUT2D eigenvalue weighted by Crippen LogP contribution is 2.17. The van der Waals surface area contributed by atoms with E-state index < -0.39 is 22.5 Å². The van der Waals surface area contributed by atoms with Gasteiger partial charge in [0.25, 0.3) is 0 Å². The number of benzene rings is 1. The minimum Gasteiger partial charge on any atom is -0.380 e. The molecule has 2 aromatic rings. The molecule has 0 aliphatic carbocycles. The van der Waals surface area contributed by atoms with Crippen molar-refractivity contribution in [3.8, 4) is 0 Å². The molecule has 1 heterocycles. The second-order valence-electron chi connectivity index (χ2n) is 4.90. The molecule has 0 bridgehead atoms. The third kappa shape index (κ3) is 5.08. The summed E-state index contributed by atoms with van der Waals surface area (Å²) in [5.74, 6) is -0.908. The van der Waals surface area contributed by atoms with Gasteiger partial charge in [0.1, 0.15) is 6.54 Å². The zero-order valence-corrected chi connectivity index (χ0v) is 15.6. The number of sulfonamides is 1. The van der Waals surface area contributed by atoms with Gasteiger partial charge in [-0.25, -0.2) is 13.2 Å². The molecular formula is C15H15BrN4O4S. The SMILES string of the molecule is CN(CC(=O)ON=C(N)c1cccnc1)S(=O)(=O)c1ccc(Br)cc1. The molecule has 0 fully saturated rings. The average molecular weight is 427 g/mol. The van der Waals surface area contributed by atoms with Gasteiger partial charge in [-0.05, 0) is 36.4 Å². The molecule has 0 saturated carbocycles. The van der Waals surface area contributed by atoms with Gasteiger partial charge < -0.3 is 10.6 Å². The number of aromatic nitrogens is 1. The lowest BCUT2D eigenvalue weighted by molar-refractivity contribution is -0.143. The van der Waals surface area contributed by atoms with Crippen molar-refractivity contribution in [1.29, 1.82) is 0 Å². The van der Waals surface area contributed by atoms with Gasteiger partial charge in [-0.2, -0.15) is 4.31 Å². The maximum Gasteiger partial charge on any atom is 0.350 e. The van der Waals surface area contributed by atoms with Crippen LogP contribution in [0.25, 0.3) is 0 Å². The number of carbonyl (C=O) groups is 1. The summed E-state index contributed by atoms with van der Waals surface area (Å²) >= 11 is 3.23. The maximum atomic E-state index is 12.4. The molecule has 25 heavy (non-hydrogen) atoms. The van der Waals surface area contributed by atoms with Crippen LogP contribution >= 0.6 is 15.9 Å². The number of nitrogens with two attached hydrogens (primary N) is 1. The highest BCUT2D eigenvalue weighted by Gasteiger charge is 2.23. The zero-order valence-electron chi connectivity index (χ0n) is 13.2. The third-order valence-electron chi connectivity index (χ3n) is 3.08. The molecule has 0 atom stereocenters. The van der Waals surface area contributed by atoms with E-state index in [2.05, 4.69) is 30.9 Å². The topological polar surface area (TPSA) is 115 Å². The Morgan fingerprint density at radius 3 is 2.60 bits per heavy atom. The highest BCUT2D eigenvalue weighted by molar-refractivity contribution is 9.10. The number of hydrogen-bond donors (Lipinski definition) is 1. The van der Waals surface area contributed by atoms with Gasteiger partial charge in [-0.3, -0.25) is 4.98 Å². The molecule has 2 N–H and O–H groups in total. The molecule has 2 rings (SSSR count). The molecule has 0 saturated heterocycles. The summed E-state index contributed by atoms with van der Waals surface area (Å²) in [5, 5.41) is 3.49. The quantitative estimate of drug-likeness (QED) is 0.322. The Bertz CT molecular complexity index is 870. The largest absolute Gasteiger partial charge is 0.380 e. The van der Waals surface area contributed by atoms with E-state index in [4.69, 9.17) is 5.73 Å². The predicted octanol–water partition coefficient (Wildman–Crippen LogP) is 1.33. The first-order chi connectivity index (χ1) is 11.8. The Balaban J connectivity index is 2.01. The number of rotatable bonds is 6. The Kier molecular flexibility index (Phi) is 6.23. The monoisotopic (exact) mass is 426 g/mol. The van der Waals surface area contributed by atoms with Gasteiger partial charge in [0.2, 0.25) is 10.0 Å². The standard InChI is InChI=1S/C15H15BrN4O4S/c1-20(25(22,23)13-6-4-12(16)5-7-13)10-14(21)24-19-15(17)11-3-2-8-18-9-11/h2-9H,10H2,1H3,(H2,17,19). The summed E-state index contributed by atoms with van der Waals surface area (Å²) in [6.45, 7) is -0.512. The van der Waals surface area contributed by atoms with Crippen LogP contribution in [0.4, 0.5) is 0 Å². The Labute approximate surface area is 153 Å². The summed E-state index contributed by atoms with van der Waals surface area (Å²) in [7, 11) is -2.55. The Morgan fingerprint density at radius 1 is 1.32 bits per heavy atom. The molecule has 0 spiro atoms. The normalized spacial score (nSPS) is 12.2. The van der Waals surface area contributed by atoms with Crippen molar-refractivity contribution in [2.75, 3.05) is 13.6 Å². The Hall–Kier alpha value is -2.30. The van der Waals surface area contributed by atoms with Crippen LogP contribution in [0.5, 0.6) is 0 Å². The van der Waals surface area contributed by atoms with Crippen molar-refractivity contribution >= 4 is 37.8 Å². The number of carbonyl (C=O) groups excluding carboxylic acids is 1. The summed E-state index contributed by atoms with van der Waals surface area (Å²) in [5.41, 5.74) is 6.14. The predicted molar refractivity (Wildman–Crippen MR) is 95.0 cm³/mol. The van der Waals surface area contributed by atoms with Crippen molar-refractivity contribution in [2.45, 2.75) is 4.90 Å². The summed E-state index contributed by atoms with van der Waals surface area (Å²) in [6.07, 6.45) is 3.02. The van der Waals surface area contributed by atoms with Crippen LogP contribution < -0.4 is 5.73 Å². The summed E-state index contributed by atoms with van der Waals surface area (Å²) in [4.78, 5) is 20.4. The number of likely N-dealkylation sites (N-methyl/N-ethyl adjacent to an activating group) is 1. The van der Waals surface area contributed by atoms with Gasteiger partial charge in [-0.1, -0.05) is 21.1 Å². The van der Waals surface area contributed by atoms with Gasteiger partial charge in [0.05, 0.1) is 4.90 Å². The lowest BCUT2D eigenvalue weighted by Gasteiger charge is -2.15. The van der Waals surface area contributed by atoms with E-state index >= 15 is 0 Å². The van der Waals surface area contributed by atoms with Crippen molar-refractivity contribution in [1.82, 2.24) is 9.29 Å². The van der Waals surface area contributed by atoms with Crippen molar-refractivity contribution in [2.24, 2.45) is 10.9 Å². The summed E-state index contributed by atoms with van der Waals surface area (Å²) < 4.78 is 26.4. The van der Waals surface area contributed by atoms with E-state index in [-0.39, 0.29) is 10.7 Å². The molecule has 0 aliphatic heterocycles. The van der Waals surface area contributed by atoms with Crippen LogP contribution in [0.1, 0.15) is 5.56 Å². The molecule has 8 nitrogen and oxygen atoms in total. The average Bonchev–Trinajstić information content (AvgIpc) is 2.60. The molecule has 132 valence electrons. The molecular weight excluding hydrogens is 412 g/mol. The van der Waals surface area contributed by atoms with Crippen LogP contribution in [0, 0.1) is 0 Å². The molecule has 0 aliphatic rings. The zero-order chi connectivity index (χ0) is 18.4.